The van der Waals surface area contributed by atoms with Crippen molar-refractivity contribution in [3.63, 3.8) is 0 Å². The van der Waals surface area contributed by atoms with Gasteiger partial charge in [0.05, 0.1) is 6.61 Å². The maximum Gasteiger partial charge on any atom is 0.113 e. The van der Waals surface area contributed by atoms with Crippen LogP contribution in [0.5, 0.6) is 0 Å². The van der Waals surface area contributed by atoms with Crippen molar-refractivity contribution in [3.8, 4) is 0 Å². The highest BCUT2D eigenvalue weighted by atomic mass is 16.5. The standard InChI is InChI=1S/C25H32O5/c1-14(2)16-5-3-15(4-6-16)11-19-12-18(9-10-20(19)17-7-8-17)25-24(29)23(28)22(27)21(13-26)30-25/h3-6,9-10,12,14,17,21-29H,7-8,11,13H2,1-2H3/t21?,22-,23+,24-,25+/m1/s1. The zero-order valence-corrected chi connectivity index (χ0v) is 17.6. The van der Waals surface area contributed by atoms with Crippen LogP contribution >= 0.6 is 0 Å². The molecule has 0 spiro atoms. The Morgan fingerprint density at radius 3 is 2.23 bits per heavy atom. The molecule has 1 saturated heterocycles. The molecule has 2 fully saturated rings. The number of benzene rings is 2. The van der Waals surface area contributed by atoms with Gasteiger partial charge >= 0.3 is 0 Å². The molecular weight excluding hydrogens is 380 g/mol. The van der Waals surface area contributed by atoms with Crippen molar-refractivity contribution in [2.24, 2.45) is 0 Å². The monoisotopic (exact) mass is 412 g/mol. The molecule has 0 aromatic heterocycles. The van der Waals surface area contributed by atoms with Gasteiger partial charge in [-0.25, -0.2) is 0 Å². The number of rotatable bonds is 6. The molecule has 2 aliphatic rings. The number of hydrogen-bond acceptors (Lipinski definition) is 5. The van der Waals surface area contributed by atoms with Crippen LogP contribution < -0.4 is 0 Å². The van der Waals surface area contributed by atoms with Crippen LogP contribution in [0.1, 0.15) is 72.4 Å². The molecule has 1 aliphatic carbocycles. The van der Waals surface area contributed by atoms with E-state index >= 15 is 0 Å². The third kappa shape index (κ3) is 4.32. The molecule has 0 amide bonds. The van der Waals surface area contributed by atoms with Crippen molar-refractivity contribution < 1.29 is 25.2 Å². The molecule has 1 saturated carbocycles. The molecule has 5 heteroatoms. The Hall–Kier alpha value is -1.76. The van der Waals surface area contributed by atoms with Crippen LogP contribution in [0.15, 0.2) is 42.5 Å². The van der Waals surface area contributed by atoms with Gasteiger partial charge in [0.2, 0.25) is 0 Å². The van der Waals surface area contributed by atoms with Gasteiger partial charge in [0.25, 0.3) is 0 Å². The van der Waals surface area contributed by atoms with E-state index in [-0.39, 0.29) is 0 Å². The van der Waals surface area contributed by atoms with Crippen LogP contribution in [-0.2, 0) is 11.2 Å². The number of ether oxygens (including phenoxy) is 1. The van der Waals surface area contributed by atoms with Crippen LogP contribution in [0.2, 0.25) is 0 Å². The Bertz CT molecular complexity index is 856. The Balaban J connectivity index is 1.63. The molecule has 162 valence electrons. The number of aliphatic hydroxyl groups excluding tert-OH is 4. The van der Waals surface area contributed by atoms with Crippen molar-refractivity contribution in [2.45, 2.75) is 75.5 Å². The van der Waals surface area contributed by atoms with E-state index in [1.165, 1.54) is 35.1 Å². The van der Waals surface area contributed by atoms with Gasteiger partial charge in [-0.3, -0.25) is 0 Å². The van der Waals surface area contributed by atoms with E-state index in [0.29, 0.717) is 11.8 Å². The highest BCUT2D eigenvalue weighted by Gasteiger charge is 2.44. The van der Waals surface area contributed by atoms with Gasteiger partial charge < -0.3 is 25.2 Å². The predicted molar refractivity (Wildman–Crippen MR) is 114 cm³/mol. The van der Waals surface area contributed by atoms with Crippen LogP contribution in [-0.4, -0.2) is 51.4 Å². The Labute approximate surface area is 178 Å². The van der Waals surface area contributed by atoms with Crippen molar-refractivity contribution in [1.82, 2.24) is 0 Å². The predicted octanol–water partition coefficient (Wildman–Crippen LogP) is 2.79. The molecule has 4 N–H and O–H groups in total. The molecule has 2 aromatic carbocycles. The van der Waals surface area contributed by atoms with E-state index < -0.39 is 37.1 Å². The summed E-state index contributed by atoms with van der Waals surface area (Å²) in [6, 6.07) is 14.8. The summed E-state index contributed by atoms with van der Waals surface area (Å²) in [5, 5.41) is 40.2. The first-order chi connectivity index (χ1) is 14.4. The van der Waals surface area contributed by atoms with E-state index in [1.54, 1.807) is 0 Å². The third-order valence-corrected chi connectivity index (χ3v) is 6.45. The first-order valence-corrected chi connectivity index (χ1v) is 10.9. The van der Waals surface area contributed by atoms with E-state index in [2.05, 4.69) is 50.2 Å². The second kappa shape index (κ2) is 8.77. The van der Waals surface area contributed by atoms with Gasteiger partial charge in [-0.2, -0.15) is 0 Å². The summed E-state index contributed by atoms with van der Waals surface area (Å²) in [7, 11) is 0. The fraction of sp³-hybridized carbons (Fsp3) is 0.520. The fourth-order valence-corrected chi connectivity index (χ4v) is 4.37. The topological polar surface area (TPSA) is 90.2 Å². The Kier molecular flexibility index (Phi) is 6.28. The Morgan fingerprint density at radius 2 is 1.63 bits per heavy atom. The minimum atomic E-state index is -1.36. The molecule has 0 bridgehead atoms. The molecule has 4 rings (SSSR count). The highest BCUT2D eigenvalue weighted by molar-refractivity contribution is 5.41. The van der Waals surface area contributed by atoms with Crippen molar-refractivity contribution in [1.29, 1.82) is 0 Å². The lowest BCUT2D eigenvalue weighted by molar-refractivity contribution is -0.231. The zero-order chi connectivity index (χ0) is 21.4. The van der Waals surface area contributed by atoms with E-state index in [4.69, 9.17) is 4.74 Å². The van der Waals surface area contributed by atoms with Gasteiger partial charge in [-0.1, -0.05) is 56.3 Å². The normalized spacial score (nSPS) is 29.4. The van der Waals surface area contributed by atoms with E-state index in [0.717, 1.165) is 12.0 Å². The molecule has 1 aliphatic heterocycles. The van der Waals surface area contributed by atoms with Crippen molar-refractivity contribution >= 4 is 0 Å². The second-order valence-electron chi connectivity index (χ2n) is 9.06. The SMILES string of the molecule is CC(C)c1ccc(Cc2cc([C@@H]3OC(CO)[C@@H](O)[C@H](O)[C@H]3O)ccc2C2CC2)cc1. The minimum Gasteiger partial charge on any atom is -0.394 e. The van der Waals surface area contributed by atoms with Gasteiger partial charge in [-0.05, 0) is 58.9 Å². The summed E-state index contributed by atoms with van der Waals surface area (Å²) < 4.78 is 5.77. The largest absolute Gasteiger partial charge is 0.394 e. The molecule has 1 unspecified atom stereocenters. The number of hydrogen-bond donors (Lipinski definition) is 4. The summed E-state index contributed by atoms with van der Waals surface area (Å²) in [6.07, 6.45) is -2.48. The van der Waals surface area contributed by atoms with Crippen LogP contribution in [0.4, 0.5) is 0 Å². The van der Waals surface area contributed by atoms with Crippen LogP contribution in [0.3, 0.4) is 0 Å². The maximum absolute atomic E-state index is 10.5. The van der Waals surface area contributed by atoms with Gasteiger partial charge in [0.1, 0.15) is 30.5 Å². The average Bonchev–Trinajstić information content (AvgIpc) is 3.58. The van der Waals surface area contributed by atoms with Gasteiger partial charge in [-0.15, -0.1) is 0 Å². The molecule has 2 aromatic rings. The average molecular weight is 413 g/mol. The van der Waals surface area contributed by atoms with Crippen LogP contribution in [0.25, 0.3) is 0 Å². The second-order valence-corrected chi connectivity index (χ2v) is 9.06. The lowest BCUT2D eigenvalue weighted by atomic mass is 9.88. The summed E-state index contributed by atoms with van der Waals surface area (Å²) in [4.78, 5) is 0. The fourth-order valence-electron chi connectivity index (χ4n) is 4.37. The minimum absolute atomic E-state index is 0.420. The van der Waals surface area contributed by atoms with E-state index in [9.17, 15) is 20.4 Å². The molecule has 1 heterocycles. The molecule has 0 radical (unpaired) electrons. The summed E-state index contributed by atoms with van der Waals surface area (Å²) in [6.45, 7) is 3.95. The smallest absolute Gasteiger partial charge is 0.113 e. The highest BCUT2D eigenvalue weighted by Crippen LogP contribution is 2.43. The first-order valence-electron chi connectivity index (χ1n) is 10.9. The van der Waals surface area contributed by atoms with Crippen molar-refractivity contribution in [3.05, 3.63) is 70.3 Å². The zero-order valence-electron chi connectivity index (χ0n) is 17.6. The van der Waals surface area contributed by atoms with Crippen LogP contribution in [0, 0.1) is 0 Å². The molecule has 5 nitrogen and oxygen atoms in total. The first kappa shape index (κ1) is 21.5. The van der Waals surface area contributed by atoms with Gasteiger partial charge in [0, 0.05) is 0 Å². The van der Waals surface area contributed by atoms with Gasteiger partial charge in [0.15, 0.2) is 0 Å². The number of aliphatic hydroxyl groups is 4. The lowest BCUT2D eigenvalue weighted by Gasteiger charge is -2.40. The molecule has 30 heavy (non-hydrogen) atoms. The summed E-state index contributed by atoms with van der Waals surface area (Å²) in [5.41, 5.74) is 5.83. The lowest BCUT2D eigenvalue weighted by Crippen LogP contribution is -2.55. The third-order valence-electron chi connectivity index (χ3n) is 6.45. The molecule has 5 atom stereocenters. The summed E-state index contributed by atoms with van der Waals surface area (Å²) in [5.74, 6) is 1.08. The quantitative estimate of drug-likeness (QED) is 0.586. The maximum atomic E-state index is 10.5. The Morgan fingerprint density at radius 1 is 0.933 bits per heavy atom. The molecular formula is C25H32O5. The van der Waals surface area contributed by atoms with E-state index in [1.807, 2.05) is 6.07 Å². The van der Waals surface area contributed by atoms with Crippen molar-refractivity contribution in [2.75, 3.05) is 6.61 Å². The summed E-state index contributed by atoms with van der Waals surface area (Å²) >= 11 is 0.